The van der Waals surface area contributed by atoms with Crippen molar-refractivity contribution in [3.05, 3.63) is 29.8 Å². The van der Waals surface area contributed by atoms with E-state index in [9.17, 15) is 0 Å². The van der Waals surface area contributed by atoms with Crippen molar-refractivity contribution in [2.24, 2.45) is 0 Å². The molecule has 0 N–H and O–H groups in total. The number of halogens is 1. The van der Waals surface area contributed by atoms with E-state index in [-0.39, 0.29) is 0 Å². The Bertz CT molecular complexity index is 279. The van der Waals surface area contributed by atoms with Crippen LogP contribution >= 0.6 is 15.9 Å². The molecule has 1 nitrogen and oxygen atoms in total. The first-order valence-electron chi connectivity index (χ1n) is 5.52. The molecular formula is C13H19BrO. The fraction of sp³-hybridized carbons (Fsp3) is 0.538. The molecule has 1 aromatic rings. The molecule has 0 bridgehead atoms. The Labute approximate surface area is 101 Å². The molecule has 84 valence electrons. The summed E-state index contributed by atoms with van der Waals surface area (Å²) in [6.45, 7) is 7.31. The van der Waals surface area contributed by atoms with Crippen molar-refractivity contribution in [2.45, 2.75) is 37.9 Å². The Balaban J connectivity index is 2.63. The van der Waals surface area contributed by atoms with Crippen LogP contribution in [0.1, 0.15) is 38.7 Å². The summed E-state index contributed by atoms with van der Waals surface area (Å²) in [4.78, 5) is 0.500. The Hall–Kier alpha value is -0.500. The Morgan fingerprint density at radius 3 is 2.27 bits per heavy atom. The molecule has 0 fully saturated rings. The van der Waals surface area contributed by atoms with Crippen LogP contribution in [0.15, 0.2) is 24.3 Å². The fourth-order valence-electron chi connectivity index (χ4n) is 1.35. The van der Waals surface area contributed by atoms with Crippen molar-refractivity contribution >= 4 is 15.9 Å². The third-order valence-corrected chi connectivity index (χ3v) is 3.36. The van der Waals surface area contributed by atoms with Gasteiger partial charge in [0.25, 0.3) is 0 Å². The van der Waals surface area contributed by atoms with Crippen LogP contribution in [0, 0.1) is 0 Å². The van der Waals surface area contributed by atoms with E-state index < -0.39 is 0 Å². The van der Waals surface area contributed by atoms with Crippen molar-refractivity contribution in [3.8, 4) is 5.75 Å². The zero-order chi connectivity index (χ0) is 11.3. The average molecular weight is 271 g/mol. The molecule has 0 saturated carbocycles. The van der Waals surface area contributed by atoms with E-state index in [1.165, 1.54) is 5.56 Å². The first-order valence-corrected chi connectivity index (χ1v) is 6.43. The molecule has 2 atom stereocenters. The van der Waals surface area contributed by atoms with E-state index in [4.69, 9.17) is 4.74 Å². The predicted molar refractivity (Wildman–Crippen MR) is 69.0 cm³/mol. The molecule has 15 heavy (non-hydrogen) atoms. The van der Waals surface area contributed by atoms with Crippen LogP contribution in [0.3, 0.4) is 0 Å². The Morgan fingerprint density at radius 2 is 1.80 bits per heavy atom. The van der Waals surface area contributed by atoms with Gasteiger partial charge >= 0.3 is 0 Å². The van der Waals surface area contributed by atoms with E-state index in [2.05, 4.69) is 61.0 Å². The summed E-state index contributed by atoms with van der Waals surface area (Å²) in [5.41, 5.74) is 1.35. The van der Waals surface area contributed by atoms with Gasteiger partial charge in [-0.25, -0.2) is 0 Å². The third kappa shape index (κ3) is 3.86. The molecule has 1 rings (SSSR count). The molecule has 0 aliphatic carbocycles. The fourth-order valence-corrected chi connectivity index (χ4v) is 1.66. The molecule has 0 aromatic heterocycles. The van der Waals surface area contributed by atoms with Crippen LogP contribution in [0.2, 0.25) is 0 Å². The van der Waals surface area contributed by atoms with Gasteiger partial charge in [0.05, 0.1) is 6.61 Å². The number of rotatable bonds is 5. The molecule has 0 aliphatic rings. The molecule has 0 radical (unpaired) electrons. The maximum Gasteiger partial charge on any atom is 0.119 e. The lowest BCUT2D eigenvalue weighted by atomic mass is 9.99. The number of hydrogen-bond acceptors (Lipinski definition) is 1. The highest BCUT2D eigenvalue weighted by atomic mass is 79.9. The van der Waals surface area contributed by atoms with Crippen molar-refractivity contribution in [1.82, 2.24) is 0 Å². The highest BCUT2D eigenvalue weighted by Crippen LogP contribution is 2.25. The second-order valence-electron chi connectivity index (χ2n) is 3.88. The number of benzene rings is 1. The molecule has 0 aliphatic heterocycles. The normalized spacial score (nSPS) is 14.7. The summed E-state index contributed by atoms with van der Waals surface area (Å²) < 4.78 is 5.54. The largest absolute Gasteiger partial charge is 0.494 e. The van der Waals surface area contributed by atoms with Crippen LogP contribution < -0.4 is 4.74 Å². The standard InChI is InChI=1S/C13H19BrO/c1-4-9-15-13-7-5-12(6-8-13)10(2)11(3)14/h5-8,10-11H,4,9H2,1-3H3. The van der Waals surface area contributed by atoms with Crippen LogP contribution in [0.5, 0.6) is 5.75 Å². The quantitative estimate of drug-likeness (QED) is 0.723. The van der Waals surface area contributed by atoms with Crippen LogP contribution in [-0.4, -0.2) is 11.4 Å². The van der Waals surface area contributed by atoms with Gasteiger partial charge in [-0.05, 0) is 30.0 Å². The minimum atomic E-state index is 0.500. The molecule has 2 heteroatoms. The molecule has 0 amide bonds. The SMILES string of the molecule is CCCOc1ccc(C(C)C(C)Br)cc1. The topological polar surface area (TPSA) is 9.23 Å². The predicted octanol–water partition coefficient (Wildman–Crippen LogP) is 4.36. The van der Waals surface area contributed by atoms with Gasteiger partial charge in [-0.15, -0.1) is 0 Å². The van der Waals surface area contributed by atoms with Gasteiger partial charge in [-0.1, -0.05) is 48.8 Å². The van der Waals surface area contributed by atoms with Crippen molar-refractivity contribution in [1.29, 1.82) is 0 Å². The molecule has 0 saturated heterocycles. The average Bonchev–Trinajstić information content (AvgIpc) is 2.26. The van der Waals surface area contributed by atoms with E-state index in [0.29, 0.717) is 10.7 Å². The lowest BCUT2D eigenvalue weighted by Gasteiger charge is -2.15. The van der Waals surface area contributed by atoms with E-state index >= 15 is 0 Å². The maximum atomic E-state index is 5.54. The summed E-state index contributed by atoms with van der Waals surface area (Å²) >= 11 is 3.61. The summed E-state index contributed by atoms with van der Waals surface area (Å²) in [6.07, 6.45) is 1.05. The number of hydrogen-bond donors (Lipinski definition) is 0. The van der Waals surface area contributed by atoms with Gasteiger partial charge < -0.3 is 4.74 Å². The molecule has 1 aromatic carbocycles. The smallest absolute Gasteiger partial charge is 0.119 e. The minimum absolute atomic E-state index is 0.500. The minimum Gasteiger partial charge on any atom is -0.494 e. The lowest BCUT2D eigenvalue weighted by Crippen LogP contribution is -2.04. The lowest BCUT2D eigenvalue weighted by molar-refractivity contribution is 0.317. The van der Waals surface area contributed by atoms with Gasteiger partial charge in [-0.3, -0.25) is 0 Å². The van der Waals surface area contributed by atoms with Gasteiger partial charge in [0, 0.05) is 4.83 Å². The highest BCUT2D eigenvalue weighted by molar-refractivity contribution is 9.09. The molecule has 0 spiro atoms. The van der Waals surface area contributed by atoms with E-state index in [1.807, 2.05) is 0 Å². The van der Waals surface area contributed by atoms with Gasteiger partial charge in [-0.2, -0.15) is 0 Å². The third-order valence-electron chi connectivity index (χ3n) is 2.57. The van der Waals surface area contributed by atoms with E-state index in [1.54, 1.807) is 0 Å². The first kappa shape index (κ1) is 12.6. The van der Waals surface area contributed by atoms with Crippen molar-refractivity contribution in [2.75, 3.05) is 6.61 Å². The van der Waals surface area contributed by atoms with Gasteiger partial charge in [0.2, 0.25) is 0 Å². The number of alkyl halides is 1. The van der Waals surface area contributed by atoms with Crippen LogP contribution in [-0.2, 0) is 0 Å². The summed E-state index contributed by atoms with van der Waals surface area (Å²) in [6, 6.07) is 8.40. The first-order chi connectivity index (χ1) is 7.15. The Morgan fingerprint density at radius 1 is 1.20 bits per heavy atom. The van der Waals surface area contributed by atoms with Crippen molar-refractivity contribution < 1.29 is 4.74 Å². The second-order valence-corrected chi connectivity index (χ2v) is 5.33. The molecule has 2 unspecified atom stereocenters. The monoisotopic (exact) mass is 270 g/mol. The second kappa shape index (κ2) is 6.16. The Kier molecular flexibility index (Phi) is 5.16. The summed E-state index contributed by atoms with van der Waals surface area (Å²) in [5.74, 6) is 1.50. The van der Waals surface area contributed by atoms with Crippen molar-refractivity contribution in [3.63, 3.8) is 0 Å². The van der Waals surface area contributed by atoms with Gasteiger partial charge in [0.1, 0.15) is 5.75 Å². The van der Waals surface area contributed by atoms with E-state index in [0.717, 1.165) is 18.8 Å². The highest BCUT2D eigenvalue weighted by Gasteiger charge is 2.10. The summed E-state index contributed by atoms with van der Waals surface area (Å²) in [5, 5.41) is 0. The molecule has 0 heterocycles. The van der Waals surface area contributed by atoms with Gasteiger partial charge in [0.15, 0.2) is 0 Å². The van der Waals surface area contributed by atoms with Crippen LogP contribution in [0.25, 0.3) is 0 Å². The summed E-state index contributed by atoms with van der Waals surface area (Å²) in [7, 11) is 0. The zero-order valence-corrected chi connectivity index (χ0v) is 11.3. The van der Waals surface area contributed by atoms with Crippen LogP contribution in [0.4, 0.5) is 0 Å². The molecular weight excluding hydrogens is 252 g/mol. The maximum absolute atomic E-state index is 5.54. The number of ether oxygens (including phenoxy) is 1. The zero-order valence-electron chi connectivity index (χ0n) is 9.66.